The van der Waals surface area contributed by atoms with Gasteiger partial charge < -0.3 is 5.32 Å². The molecule has 0 aromatic carbocycles. The van der Waals surface area contributed by atoms with Crippen LogP contribution in [0, 0.1) is 0 Å². The van der Waals surface area contributed by atoms with E-state index in [0.717, 1.165) is 25.7 Å². The molecule has 2 rings (SSSR count). The molecule has 0 bridgehead atoms. The number of sulfone groups is 1. The average Bonchev–Trinajstić information content (AvgIpc) is 2.92. The van der Waals surface area contributed by atoms with Crippen molar-refractivity contribution in [3.63, 3.8) is 0 Å². The summed E-state index contributed by atoms with van der Waals surface area (Å²) in [4.78, 5) is 15.5. The van der Waals surface area contributed by atoms with Gasteiger partial charge in [-0.3, -0.25) is 9.78 Å². The van der Waals surface area contributed by atoms with Crippen LogP contribution in [0.1, 0.15) is 32.1 Å². The Morgan fingerprint density at radius 3 is 2.53 bits per heavy atom. The second-order valence-electron chi connectivity index (χ2n) is 4.81. The van der Waals surface area contributed by atoms with Gasteiger partial charge in [0.25, 0.3) is 0 Å². The summed E-state index contributed by atoms with van der Waals surface area (Å²) >= 11 is 0. The molecule has 19 heavy (non-hydrogen) atoms. The molecule has 1 aliphatic rings. The number of aromatic nitrogens is 1. The highest BCUT2D eigenvalue weighted by atomic mass is 32.2. The summed E-state index contributed by atoms with van der Waals surface area (Å²) in [6, 6.07) is 3.34. The van der Waals surface area contributed by atoms with Crippen molar-refractivity contribution >= 4 is 21.4 Å². The van der Waals surface area contributed by atoms with Crippen molar-refractivity contribution in [2.45, 2.75) is 37.4 Å². The lowest BCUT2D eigenvalue weighted by Crippen LogP contribution is -2.24. The zero-order valence-electron chi connectivity index (χ0n) is 10.7. The van der Waals surface area contributed by atoms with Crippen LogP contribution in [0.4, 0.5) is 5.69 Å². The number of amides is 1. The van der Waals surface area contributed by atoms with Gasteiger partial charge in [-0.25, -0.2) is 8.42 Å². The number of anilines is 1. The summed E-state index contributed by atoms with van der Waals surface area (Å²) in [5, 5.41) is 2.43. The highest BCUT2D eigenvalue weighted by Gasteiger charge is 2.28. The van der Waals surface area contributed by atoms with Gasteiger partial charge in [-0.1, -0.05) is 12.8 Å². The first kappa shape index (κ1) is 14.0. The molecule has 1 saturated carbocycles. The number of nitrogens with zero attached hydrogens (tertiary/aromatic N) is 1. The lowest BCUT2D eigenvalue weighted by atomic mass is 10.3. The summed E-state index contributed by atoms with van der Waals surface area (Å²) in [7, 11) is -3.12. The van der Waals surface area contributed by atoms with Gasteiger partial charge in [-0.05, 0) is 25.0 Å². The topological polar surface area (TPSA) is 76.1 Å². The smallest absolute Gasteiger partial charge is 0.225 e. The van der Waals surface area contributed by atoms with Crippen molar-refractivity contribution in [1.29, 1.82) is 0 Å². The Labute approximate surface area is 113 Å². The first-order valence-corrected chi connectivity index (χ1v) is 8.21. The quantitative estimate of drug-likeness (QED) is 0.893. The summed E-state index contributed by atoms with van der Waals surface area (Å²) in [5.41, 5.74) is 0.637. The van der Waals surface area contributed by atoms with E-state index >= 15 is 0 Å². The van der Waals surface area contributed by atoms with Crippen LogP contribution in [-0.4, -0.2) is 30.3 Å². The third-order valence-electron chi connectivity index (χ3n) is 3.39. The predicted molar refractivity (Wildman–Crippen MR) is 73.5 cm³/mol. The van der Waals surface area contributed by atoms with Crippen molar-refractivity contribution in [3.8, 4) is 0 Å². The zero-order valence-corrected chi connectivity index (χ0v) is 11.5. The largest absolute Gasteiger partial charge is 0.326 e. The lowest BCUT2D eigenvalue weighted by molar-refractivity contribution is -0.115. The molecule has 1 aromatic heterocycles. The van der Waals surface area contributed by atoms with Gasteiger partial charge >= 0.3 is 0 Å². The van der Waals surface area contributed by atoms with Crippen LogP contribution in [0.25, 0.3) is 0 Å². The number of carbonyl (C=O) groups excluding carboxylic acids is 1. The fraction of sp³-hybridized carbons (Fsp3) is 0.538. The molecule has 1 fully saturated rings. The van der Waals surface area contributed by atoms with E-state index in [1.165, 1.54) is 0 Å². The van der Waals surface area contributed by atoms with Crippen LogP contribution in [0.5, 0.6) is 0 Å². The SMILES string of the molecule is O=C(CCS(=O)(=O)C1CCCC1)Nc1ccncc1. The second-order valence-corrected chi connectivity index (χ2v) is 7.21. The summed E-state index contributed by atoms with van der Waals surface area (Å²) in [6.07, 6.45) is 6.61. The highest BCUT2D eigenvalue weighted by Crippen LogP contribution is 2.25. The Kier molecular flexibility index (Phi) is 4.52. The number of pyridine rings is 1. The molecule has 6 heteroatoms. The molecule has 1 heterocycles. The van der Waals surface area contributed by atoms with Gasteiger partial charge in [0.2, 0.25) is 5.91 Å². The lowest BCUT2D eigenvalue weighted by Gasteiger charge is -2.10. The molecule has 104 valence electrons. The van der Waals surface area contributed by atoms with E-state index in [9.17, 15) is 13.2 Å². The molecule has 1 N–H and O–H groups in total. The van der Waals surface area contributed by atoms with Crippen molar-refractivity contribution in [3.05, 3.63) is 24.5 Å². The van der Waals surface area contributed by atoms with Crippen molar-refractivity contribution in [1.82, 2.24) is 4.98 Å². The Morgan fingerprint density at radius 2 is 1.89 bits per heavy atom. The van der Waals surface area contributed by atoms with Crippen LogP contribution in [0.3, 0.4) is 0 Å². The van der Waals surface area contributed by atoms with Gasteiger partial charge in [-0.2, -0.15) is 0 Å². The number of carbonyl (C=O) groups is 1. The van der Waals surface area contributed by atoms with E-state index in [-0.39, 0.29) is 23.3 Å². The maximum Gasteiger partial charge on any atom is 0.225 e. The molecule has 0 spiro atoms. The Hall–Kier alpha value is -1.43. The minimum Gasteiger partial charge on any atom is -0.326 e. The fourth-order valence-electron chi connectivity index (χ4n) is 2.31. The summed E-state index contributed by atoms with van der Waals surface area (Å²) < 4.78 is 24.0. The molecule has 1 aliphatic carbocycles. The van der Waals surface area contributed by atoms with Crippen molar-refractivity contribution in [2.24, 2.45) is 0 Å². The molecule has 0 aliphatic heterocycles. The maximum absolute atomic E-state index is 12.0. The molecule has 0 radical (unpaired) electrons. The van der Waals surface area contributed by atoms with Crippen LogP contribution in [0.2, 0.25) is 0 Å². The van der Waals surface area contributed by atoms with Crippen LogP contribution in [0.15, 0.2) is 24.5 Å². The molecular weight excluding hydrogens is 264 g/mol. The number of hydrogen-bond acceptors (Lipinski definition) is 4. The monoisotopic (exact) mass is 282 g/mol. The predicted octanol–water partition coefficient (Wildman–Crippen LogP) is 1.77. The fourth-order valence-corrected chi connectivity index (χ4v) is 4.16. The first-order valence-electron chi connectivity index (χ1n) is 6.49. The van der Waals surface area contributed by atoms with Gasteiger partial charge in [0.15, 0.2) is 9.84 Å². The Bertz CT molecular complexity index is 522. The maximum atomic E-state index is 12.0. The van der Waals surface area contributed by atoms with E-state index in [4.69, 9.17) is 0 Å². The van der Waals surface area contributed by atoms with Gasteiger partial charge in [0.1, 0.15) is 0 Å². The van der Waals surface area contributed by atoms with Crippen molar-refractivity contribution < 1.29 is 13.2 Å². The van der Waals surface area contributed by atoms with E-state index in [1.807, 2.05) is 0 Å². The van der Waals surface area contributed by atoms with E-state index in [0.29, 0.717) is 5.69 Å². The third-order valence-corrected chi connectivity index (χ3v) is 5.65. The zero-order chi connectivity index (χ0) is 13.7. The van der Waals surface area contributed by atoms with Gasteiger partial charge in [-0.15, -0.1) is 0 Å². The number of hydrogen-bond donors (Lipinski definition) is 1. The minimum absolute atomic E-state index is 0.0150. The Balaban J connectivity index is 1.83. The average molecular weight is 282 g/mol. The molecule has 0 saturated heterocycles. The van der Waals surface area contributed by atoms with Crippen LogP contribution >= 0.6 is 0 Å². The van der Waals surface area contributed by atoms with Crippen LogP contribution < -0.4 is 5.32 Å². The molecule has 0 unspecified atom stereocenters. The molecule has 5 nitrogen and oxygen atoms in total. The normalized spacial score (nSPS) is 16.4. The van der Waals surface area contributed by atoms with Gasteiger partial charge in [0, 0.05) is 24.5 Å². The number of nitrogens with one attached hydrogen (secondary N) is 1. The highest BCUT2D eigenvalue weighted by molar-refractivity contribution is 7.92. The standard InChI is InChI=1S/C13H18N2O3S/c16-13(15-11-5-8-14-9-6-11)7-10-19(17,18)12-3-1-2-4-12/h5-6,8-9,12H,1-4,7,10H2,(H,14,15,16). The molecule has 1 amide bonds. The first-order chi connectivity index (χ1) is 9.08. The van der Waals surface area contributed by atoms with Gasteiger partial charge in [0.05, 0.1) is 11.0 Å². The van der Waals surface area contributed by atoms with Crippen molar-refractivity contribution in [2.75, 3.05) is 11.1 Å². The van der Waals surface area contributed by atoms with Crippen LogP contribution in [-0.2, 0) is 14.6 Å². The van der Waals surface area contributed by atoms with E-state index < -0.39 is 9.84 Å². The number of rotatable bonds is 5. The molecule has 0 atom stereocenters. The van der Waals surface area contributed by atoms with E-state index in [2.05, 4.69) is 10.3 Å². The third kappa shape index (κ3) is 4.02. The molecular formula is C13H18N2O3S. The Morgan fingerprint density at radius 1 is 1.26 bits per heavy atom. The second kappa shape index (κ2) is 6.14. The summed E-state index contributed by atoms with van der Waals surface area (Å²) in [5.74, 6) is -0.332. The summed E-state index contributed by atoms with van der Waals surface area (Å²) in [6.45, 7) is 0. The minimum atomic E-state index is -3.12. The van der Waals surface area contributed by atoms with E-state index in [1.54, 1.807) is 24.5 Å². The molecule has 1 aromatic rings.